The maximum atomic E-state index is 11.9. The number of nitrogens with one attached hydrogen (secondary N) is 1. The first kappa shape index (κ1) is 16.8. The Labute approximate surface area is 126 Å². The molecule has 0 saturated carbocycles. The summed E-state index contributed by atoms with van der Waals surface area (Å²) in [5.74, 6) is 0.704. The quantitative estimate of drug-likeness (QED) is 0.802. The van der Waals surface area contributed by atoms with E-state index in [0.717, 1.165) is 12.1 Å². The Balaban J connectivity index is 2.69. The highest BCUT2D eigenvalue weighted by molar-refractivity contribution is 6.30. The van der Waals surface area contributed by atoms with Gasteiger partial charge in [0.15, 0.2) is 6.61 Å². The van der Waals surface area contributed by atoms with Crippen LogP contribution in [0.15, 0.2) is 18.2 Å². The molecule has 0 aliphatic carbocycles. The summed E-state index contributed by atoms with van der Waals surface area (Å²) in [6.07, 6.45) is 0. The minimum Gasteiger partial charge on any atom is -0.483 e. The van der Waals surface area contributed by atoms with E-state index >= 15 is 0 Å². The van der Waals surface area contributed by atoms with E-state index in [1.807, 2.05) is 32.9 Å². The Kier molecular flexibility index (Phi) is 7.41. The SMILES string of the molecule is CCNCc1cc(Cl)ccc1OCC(=O)N(CC)CC. The molecule has 0 aromatic heterocycles. The molecule has 0 aliphatic rings. The number of likely N-dealkylation sites (N-methyl/N-ethyl adjacent to an activating group) is 1. The Hall–Kier alpha value is -1.26. The lowest BCUT2D eigenvalue weighted by molar-refractivity contribution is -0.132. The van der Waals surface area contributed by atoms with Gasteiger partial charge in [0.05, 0.1) is 0 Å². The topological polar surface area (TPSA) is 41.6 Å². The molecule has 112 valence electrons. The third-order valence-corrected chi connectivity index (χ3v) is 3.29. The normalized spacial score (nSPS) is 10.4. The monoisotopic (exact) mass is 298 g/mol. The van der Waals surface area contributed by atoms with Crippen LogP contribution in [-0.2, 0) is 11.3 Å². The lowest BCUT2D eigenvalue weighted by Gasteiger charge is -2.19. The molecule has 0 radical (unpaired) electrons. The summed E-state index contributed by atoms with van der Waals surface area (Å²) in [4.78, 5) is 13.7. The smallest absolute Gasteiger partial charge is 0.260 e. The van der Waals surface area contributed by atoms with Gasteiger partial charge in [-0.3, -0.25) is 4.79 Å². The van der Waals surface area contributed by atoms with Gasteiger partial charge in [-0.25, -0.2) is 0 Å². The first-order valence-electron chi connectivity index (χ1n) is 7.02. The van der Waals surface area contributed by atoms with Crippen molar-refractivity contribution >= 4 is 17.5 Å². The lowest BCUT2D eigenvalue weighted by Crippen LogP contribution is -2.34. The highest BCUT2D eigenvalue weighted by atomic mass is 35.5. The average Bonchev–Trinajstić information content (AvgIpc) is 2.45. The molecule has 1 aromatic carbocycles. The molecule has 0 fully saturated rings. The molecule has 5 heteroatoms. The van der Waals surface area contributed by atoms with Crippen LogP contribution in [0.4, 0.5) is 0 Å². The first-order valence-corrected chi connectivity index (χ1v) is 7.39. The molecule has 20 heavy (non-hydrogen) atoms. The van der Waals surface area contributed by atoms with Crippen LogP contribution in [0.5, 0.6) is 5.75 Å². The van der Waals surface area contributed by atoms with Crippen LogP contribution in [0, 0.1) is 0 Å². The number of nitrogens with zero attached hydrogens (tertiary/aromatic N) is 1. The number of halogens is 1. The van der Waals surface area contributed by atoms with Crippen molar-refractivity contribution in [2.24, 2.45) is 0 Å². The number of carbonyl (C=O) groups is 1. The Morgan fingerprint density at radius 3 is 2.60 bits per heavy atom. The second-order valence-corrected chi connectivity index (χ2v) is 4.82. The van der Waals surface area contributed by atoms with Crippen LogP contribution in [0.25, 0.3) is 0 Å². The van der Waals surface area contributed by atoms with Crippen molar-refractivity contribution in [1.82, 2.24) is 10.2 Å². The zero-order valence-corrected chi connectivity index (χ0v) is 13.2. The van der Waals surface area contributed by atoms with E-state index in [2.05, 4.69) is 5.32 Å². The Morgan fingerprint density at radius 2 is 2.00 bits per heavy atom. The van der Waals surface area contributed by atoms with Crippen molar-refractivity contribution in [2.75, 3.05) is 26.2 Å². The van der Waals surface area contributed by atoms with E-state index in [4.69, 9.17) is 16.3 Å². The lowest BCUT2D eigenvalue weighted by atomic mass is 10.2. The largest absolute Gasteiger partial charge is 0.483 e. The maximum Gasteiger partial charge on any atom is 0.260 e. The molecule has 1 amide bonds. The number of hydrogen-bond acceptors (Lipinski definition) is 3. The number of benzene rings is 1. The van der Waals surface area contributed by atoms with E-state index in [0.29, 0.717) is 30.4 Å². The number of rotatable bonds is 8. The van der Waals surface area contributed by atoms with Gasteiger partial charge in [0, 0.05) is 30.2 Å². The summed E-state index contributed by atoms with van der Waals surface area (Å²) >= 11 is 6.00. The van der Waals surface area contributed by atoms with E-state index in [9.17, 15) is 4.79 Å². The Morgan fingerprint density at radius 1 is 1.30 bits per heavy atom. The molecule has 1 rings (SSSR count). The number of hydrogen-bond donors (Lipinski definition) is 1. The fraction of sp³-hybridized carbons (Fsp3) is 0.533. The minimum absolute atomic E-state index is 0.000601. The number of carbonyl (C=O) groups excluding carboxylic acids is 1. The Bertz CT molecular complexity index is 434. The molecule has 1 N–H and O–H groups in total. The van der Waals surface area contributed by atoms with Gasteiger partial charge >= 0.3 is 0 Å². The van der Waals surface area contributed by atoms with Crippen LogP contribution in [0.1, 0.15) is 26.3 Å². The van der Waals surface area contributed by atoms with Gasteiger partial charge in [0.2, 0.25) is 0 Å². The van der Waals surface area contributed by atoms with Crippen molar-refractivity contribution in [1.29, 1.82) is 0 Å². The standard InChI is InChI=1S/C15H23ClN2O2/c1-4-17-10-12-9-13(16)7-8-14(12)20-11-15(19)18(5-2)6-3/h7-9,17H,4-6,10-11H2,1-3H3. The van der Waals surface area contributed by atoms with Gasteiger partial charge < -0.3 is 15.0 Å². The molecule has 0 heterocycles. The summed E-state index contributed by atoms with van der Waals surface area (Å²) in [6.45, 7) is 8.95. The van der Waals surface area contributed by atoms with Crippen LogP contribution < -0.4 is 10.1 Å². The van der Waals surface area contributed by atoms with E-state index in [-0.39, 0.29) is 12.5 Å². The van der Waals surface area contributed by atoms with E-state index < -0.39 is 0 Å². The van der Waals surface area contributed by atoms with Crippen molar-refractivity contribution in [3.8, 4) is 5.75 Å². The maximum absolute atomic E-state index is 11.9. The van der Waals surface area contributed by atoms with Gasteiger partial charge in [-0.2, -0.15) is 0 Å². The summed E-state index contributed by atoms with van der Waals surface area (Å²) in [5, 5.41) is 3.90. The second kappa shape index (κ2) is 8.82. The fourth-order valence-electron chi connectivity index (χ4n) is 1.89. The van der Waals surface area contributed by atoms with Crippen LogP contribution in [0.3, 0.4) is 0 Å². The van der Waals surface area contributed by atoms with Gasteiger partial charge in [0.25, 0.3) is 5.91 Å². The van der Waals surface area contributed by atoms with Crippen LogP contribution >= 0.6 is 11.6 Å². The predicted octanol–water partition coefficient (Wildman–Crippen LogP) is 2.70. The summed E-state index contributed by atoms with van der Waals surface area (Å²) in [5.41, 5.74) is 0.965. The molecule has 0 aliphatic heterocycles. The van der Waals surface area contributed by atoms with Crippen LogP contribution in [-0.4, -0.2) is 37.0 Å². The van der Waals surface area contributed by atoms with Gasteiger partial charge in [-0.1, -0.05) is 18.5 Å². The highest BCUT2D eigenvalue weighted by Crippen LogP contribution is 2.23. The average molecular weight is 299 g/mol. The number of ether oxygens (including phenoxy) is 1. The van der Waals surface area contributed by atoms with Gasteiger partial charge in [0.1, 0.15) is 5.75 Å². The molecule has 0 bridgehead atoms. The third kappa shape index (κ3) is 5.02. The van der Waals surface area contributed by atoms with Crippen molar-refractivity contribution < 1.29 is 9.53 Å². The van der Waals surface area contributed by atoms with Gasteiger partial charge in [-0.15, -0.1) is 0 Å². The van der Waals surface area contributed by atoms with Crippen LogP contribution in [0.2, 0.25) is 5.02 Å². The first-order chi connectivity index (χ1) is 9.62. The van der Waals surface area contributed by atoms with Crippen molar-refractivity contribution in [2.45, 2.75) is 27.3 Å². The van der Waals surface area contributed by atoms with E-state index in [1.165, 1.54) is 0 Å². The van der Waals surface area contributed by atoms with Crippen molar-refractivity contribution in [3.63, 3.8) is 0 Å². The number of amides is 1. The molecular formula is C15H23ClN2O2. The second-order valence-electron chi connectivity index (χ2n) is 4.39. The molecule has 0 unspecified atom stereocenters. The molecule has 4 nitrogen and oxygen atoms in total. The molecule has 1 aromatic rings. The highest BCUT2D eigenvalue weighted by Gasteiger charge is 2.12. The molecule has 0 atom stereocenters. The zero-order valence-electron chi connectivity index (χ0n) is 12.4. The third-order valence-electron chi connectivity index (χ3n) is 3.06. The summed E-state index contributed by atoms with van der Waals surface area (Å²) in [6, 6.07) is 5.44. The molecular weight excluding hydrogens is 276 g/mol. The molecule has 0 spiro atoms. The van der Waals surface area contributed by atoms with Crippen molar-refractivity contribution in [3.05, 3.63) is 28.8 Å². The zero-order chi connectivity index (χ0) is 15.0. The molecule has 0 saturated heterocycles. The fourth-order valence-corrected chi connectivity index (χ4v) is 2.09. The minimum atomic E-state index is -0.000601. The van der Waals surface area contributed by atoms with E-state index in [1.54, 1.807) is 11.0 Å². The van der Waals surface area contributed by atoms with Gasteiger partial charge in [-0.05, 0) is 38.6 Å². The predicted molar refractivity (Wildman–Crippen MR) is 82.3 cm³/mol. The summed E-state index contributed by atoms with van der Waals surface area (Å²) < 4.78 is 5.65. The summed E-state index contributed by atoms with van der Waals surface area (Å²) in [7, 11) is 0.